The molecule has 128 heavy (non-hydrogen) atoms. The van der Waals surface area contributed by atoms with E-state index in [4.69, 9.17) is 163 Å². The second-order valence-electron chi connectivity index (χ2n) is 37.2. The maximum Gasteiger partial charge on any atom is 0.168 e. The Morgan fingerprint density at radius 3 is 0.734 bits per heavy atom. The molecule has 10 aliphatic rings. The Morgan fingerprint density at radius 1 is 0.273 bits per heavy atom. The number of fused-ring (bicyclic) bond motifs is 20. The lowest BCUT2D eigenvalue weighted by Gasteiger charge is -2.23. The number of rotatable bonds is 40. The molecule has 13 heterocycles. The number of hydrogen-bond acceptors (Lipinski definition) is 34. The van der Waals surface area contributed by atoms with Crippen molar-refractivity contribution in [1.29, 1.82) is 0 Å². The minimum absolute atomic E-state index is 0.0748. The fourth-order valence-electron chi connectivity index (χ4n) is 16.7. The summed E-state index contributed by atoms with van der Waals surface area (Å²) in [5, 5.41) is 2.43. The Morgan fingerprint density at radius 2 is 0.500 bits per heavy atom. The van der Waals surface area contributed by atoms with Gasteiger partial charge in [-0.15, -0.1) is 0 Å². The lowest BCUT2D eigenvalue weighted by molar-refractivity contribution is -0.149. The molecular weight excluding hydrogens is 1670 g/mol. The van der Waals surface area contributed by atoms with E-state index in [0.29, 0.717) is 142 Å². The Kier molecular flexibility index (Phi) is 27.8. The highest BCUT2D eigenvalue weighted by atomic mass is 16.8. The van der Waals surface area contributed by atoms with Gasteiger partial charge >= 0.3 is 0 Å². The van der Waals surface area contributed by atoms with Crippen LogP contribution in [0.5, 0.6) is 23.0 Å². The first-order chi connectivity index (χ1) is 61.1. The van der Waals surface area contributed by atoms with Gasteiger partial charge in [-0.2, -0.15) is 0 Å². The van der Waals surface area contributed by atoms with Crippen molar-refractivity contribution in [3.05, 3.63) is 72.8 Å². The second kappa shape index (κ2) is 38.6. The lowest BCUT2D eigenvalue weighted by Crippen LogP contribution is -2.33. The highest BCUT2D eigenvalue weighted by Gasteiger charge is 2.42. The summed E-state index contributed by atoms with van der Waals surface area (Å²) in [6.07, 6.45) is -5.30. The molecule has 3 aromatic heterocycles. The summed E-state index contributed by atoms with van der Waals surface area (Å²) >= 11 is 0. The molecule has 2 N–H and O–H groups in total. The van der Waals surface area contributed by atoms with E-state index in [1.807, 2.05) is 184 Å². The van der Waals surface area contributed by atoms with Gasteiger partial charge < -0.3 is 143 Å². The molecule has 0 saturated carbocycles. The molecular formula is C92H122N8O28. The predicted octanol–water partition coefficient (Wildman–Crippen LogP) is 11.2. The molecule has 0 spiro atoms. The summed E-state index contributed by atoms with van der Waals surface area (Å²) in [6, 6.07) is 22.8. The average Bonchev–Trinajstić information content (AvgIpc) is 1.59. The highest BCUT2D eigenvalue weighted by Crippen LogP contribution is 2.45. The van der Waals surface area contributed by atoms with Crippen molar-refractivity contribution in [2.24, 2.45) is 0 Å². The van der Waals surface area contributed by atoms with E-state index in [1.165, 1.54) is 0 Å². The summed E-state index contributed by atoms with van der Waals surface area (Å²) in [6.45, 7) is 35.5. The van der Waals surface area contributed by atoms with E-state index < -0.39 is 70.7 Å². The van der Waals surface area contributed by atoms with Gasteiger partial charge in [0.1, 0.15) is 119 Å². The summed E-state index contributed by atoms with van der Waals surface area (Å²) in [7, 11) is 0. The molecule has 8 saturated heterocycles. The Hall–Kier alpha value is -7.52. The maximum atomic E-state index is 7.21. The molecule has 8 atom stereocenters. The molecule has 0 amide bonds. The van der Waals surface area contributed by atoms with Gasteiger partial charge in [-0.05, 0) is 159 Å². The largest absolute Gasteiger partial charge is 0.486 e. The van der Waals surface area contributed by atoms with Gasteiger partial charge in [0.05, 0.1) is 170 Å². The third-order valence-corrected chi connectivity index (χ3v) is 22.3. The first-order valence-corrected chi connectivity index (χ1v) is 44.3. The molecule has 7 aromatic rings. The van der Waals surface area contributed by atoms with E-state index in [2.05, 4.69) is 9.97 Å². The van der Waals surface area contributed by atoms with Crippen LogP contribution in [0.4, 0.5) is 0 Å². The van der Waals surface area contributed by atoms with E-state index in [9.17, 15) is 0 Å². The van der Waals surface area contributed by atoms with Gasteiger partial charge in [0.15, 0.2) is 69.6 Å². The molecule has 4 aromatic carbocycles. The maximum absolute atomic E-state index is 7.21. The molecule has 698 valence electrons. The molecule has 36 nitrogen and oxygen atoms in total. The van der Waals surface area contributed by atoms with E-state index in [-0.39, 0.29) is 178 Å². The molecule has 0 aliphatic carbocycles. The number of aromatic amines is 2. The van der Waals surface area contributed by atoms with E-state index in [0.717, 1.165) is 0 Å². The zero-order chi connectivity index (χ0) is 89.4. The van der Waals surface area contributed by atoms with Crippen LogP contribution < -0.4 is 18.9 Å². The number of benzene rings is 4. The van der Waals surface area contributed by atoms with E-state index >= 15 is 0 Å². The first-order valence-electron chi connectivity index (χ1n) is 44.3. The third kappa shape index (κ3) is 23.7. The normalized spacial score (nSPS) is 25.9. The molecule has 10 aliphatic heterocycles. The van der Waals surface area contributed by atoms with Gasteiger partial charge in [0, 0.05) is 32.7 Å². The van der Waals surface area contributed by atoms with Crippen molar-refractivity contribution >= 4 is 44.1 Å². The number of hydrogen-bond donors (Lipinski definition) is 2. The van der Waals surface area contributed by atoms with Crippen LogP contribution in [0.3, 0.4) is 0 Å². The first kappa shape index (κ1) is 92.3. The highest BCUT2D eigenvalue weighted by molar-refractivity contribution is 6.07. The van der Waals surface area contributed by atoms with Gasteiger partial charge in [-0.3, -0.25) is 0 Å². The zero-order valence-corrected chi connectivity index (χ0v) is 75.9. The molecule has 36 heteroatoms. The van der Waals surface area contributed by atoms with Gasteiger partial charge in [-0.1, -0.05) is 24.3 Å². The van der Waals surface area contributed by atoms with Crippen LogP contribution >= 0.6 is 0 Å². The SMILES string of the molecule is CC1(C)OCC(COCC(COCC2COC(C)(C)O2)Oc2ccc3c4nc5nc(nc6[nH]c(nc7nc(nc([nH]4)c3c2)-c2cccc(OC(COCC3COC(C)(C)O3)COCC3COC(C)(C)O3)c2-7)c2ccc(OC(COCC3COC(C)(C)O3)COCC3COC(C)(C)O3)cc62)-c2c(OC(COCC3COC(C)(C)O3)COCC3COC(C)(C)O3)cccc2-5)O1. The fraction of sp³-hybridized carbons (Fsp3) is 0.652. The molecule has 8 unspecified atom stereocenters. The fourth-order valence-corrected chi connectivity index (χ4v) is 16.7. The van der Waals surface area contributed by atoms with Crippen LogP contribution in [-0.4, -0.2) is 318 Å². The summed E-state index contributed by atoms with van der Waals surface area (Å²) in [5.41, 5.74) is 3.58. The van der Waals surface area contributed by atoms with Crippen LogP contribution in [0.2, 0.25) is 0 Å². The van der Waals surface area contributed by atoms with Gasteiger partial charge in [-0.25, -0.2) is 29.9 Å². The van der Waals surface area contributed by atoms with Crippen LogP contribution in [0.15, 0.2) is 72.8 Å². The van der Waals surface area contributed by atoms with Crippen molar-refractivity contribution < 1.29 is 133 Å². The Balaban J connectivity index is 0.802. The summed E-state index contributed by atoms with van der Waals surface area (Å²) < 4.78 is 176. The summed E-state index contributed by atoms with van der Waals surface area (Å²) in [4.78, 5) is 40.3. The van der Waals surface area contributed by atoms with Crippen molar-refractivity contribution in [3.63, 3.8) is 0 Å². The number of aromatic nitrogens is 8. The van der Waals surface area contributed by atoms with Crippen molar-refractivity contribution in [3.8, 4) is 68.5 Å². The lowest BCUT2D eigenvalue weighted by atomic mass is 10.1. The van der Waals surface area contributed by atoms with Gasteiger partial charge in [0.2, 0.25) is 0 Å². The van der Waals surface area contributed by atoms with Gasteiger partial charge in [0.25, 0.3) is 0 Å². The summed E-state index contributed by atoms with van der Waals surface area (Å²) in [5.74, 6) is -3.41. The smallest absolute Gasteiger partial charge is 0.168 e. The van der Waals surface area contributed by atoms with E-state index in [1.54, 1.807) is 0 Å². The standard InChI is InChI=1S/C92H122N8O28/c1-85(2)109-45-59(121-85)37-101-29-55(30-102-38-60-46-110-86(3,4)122-60)117-53-23-25-67-71(27-53)81-94-77(67)93-79-69-19-17-22-74(120-58(35-107-43-65-51-115-91(13,14)127-65)36-108-44-66-52-116-92(15,16)128-66)76(69)84(98-79)100-82-72-28-54(118-56(31-103-39-61-47-111-87(5,6)123-61)32-104-40-62-48-112-88(7,8)124-62)24-26-68(72)78(95-82)97-83-75-70(80(96-81)99-83)20-18-21-73(75)119-57(33-105-41-63-49-113-89(9,10)125-63)34-106-42-64-50-114-90(11,12)126-64/h17-28,55-66H,29-52H2,1-16H3,(H2,93,94,95,96,97,98,99,100). The zero-order valence-electron chi connectivity index (χ0n) is 75.9. The Bertz CT molecular complexity index is 5050. The number of nitrogens with one attached hydrogen (secondary N) is 2. The minimum Gasteiger partial charge on any atom is -0.486 e. The number of ether oxygens (including phenoxy) is 28. The number of H-pyrrole nitrogens is 2. The van der Waals surface area contributed by atoms with Crippen molar-refractivity contribution in [2.75, 3.05) is 159 Å². The molecule has 8 bridgehead atoms. The van der Waals surface area contributed by atoms with Crippen molar-refractivity contribution in [2.45, 2.75) is 230 Å². The predicted molar refractivity (Wildman–Crippen MR) is 460 cm³/mol. The quantitative estimate of drug-likeness (QED) is 0.0360. The molecule has 8 fully saturated rings. The minimum atomic E-state index is -0.775. The average molecular weight is 1790 g/mol. The van der Waals surface area contributed by atoms with Crippen LogP contribution in [0.1, 0.15) is 111 Å². The third-order valence-electron chi connectivity index (χ3n) is 22.3. The monoisotopic (exact) mass is 1790 g/mol. The molecule has 0 radical (unpaired) electrons. The van der Waals surface area contributed by atoms with Crippen molar-refractivity contribution in [1.82, 2.24) is 39.9 Å². The van der Waals surface area contributed by atoms with Crippen LogP contribution in [0.25, 0.3) is 89.7 Å². The second-order valence-corrected chi connectivity index (χ2v) is 37.2. The Labute approximate surface area is 743 Å². The van der Waals surface area contributed by atoms with Crippen LogP contribution in [0, 0.1) is 0 Å². The van der Waals surface area contributed by atoms with Crippen LogP contribution in [-0.2, 0) is 114 Å². The topological polar surface area (TPSA) is 367 Å². The number of nitrogens with zero attached hydrogens (tertiary/aromatic N) is 6. The molecule has 17 rings (SSSR count).